The van der Waals surface area contributed by atoms with Crippen LogP contribution >= 0.6 is 0 Å². The Labute approximate surface area is 144 Å². The molecule has 0 radical (unpaired) electrons. The van der Waals surface area contributed by atoms with Gasteiger partial charge in [0.05, 0.1) is 7.11 Å². The van der Waals surface area contributed by atoms with E-state index in [2.05, 4.69) is 5.32 Å². The molecule has 7 nitrogen and oxygen atoms in total. The number of hydrogen-bond acceptors (Lipinski definition) is 6. The molecule has 0 saturated heterocycles. The number of ether oxygens (including phenoxy) is 3. The van der Waals surface area contributed by atoms with Crippen molar-refractivity contribution in [1.29, 1.82) is 0 Å². The lowest BCUT2D eigenvalue weighted by Crippen LogP contribution is -2.23. The number of carbonyl (C=O) groups excluding carboxylic acids is 3. The summed E-state index contributed by atoms with van der Waals surface area (Å²) in [7, 11) is 1.55. The van der Waals surface area contributed by atoms with Crippen molar-refractivity contribution < 1.29 is 28.6 Å². The van der Waals surface area contributed by atoms with E-state index in [-0.39, 0.29) is 6.61 Å². The van der Waals surface area contributed by atoms with Gasteiger partial charge in [0.15, 0.2) is 13.2 Å². The molecule has 0 unspecified atom stereocenters. The highest BCUT2D eigenvalue weighted by Crippen LogP contribution is 2.15. The minimum Gasteiger partial charge on any atom is -0.497 e. The summed E-state index contributed by atoms with van der Waals surface area (Å²) in [6.45, 7) is -0.755. The zero-order valence-corrected chi connectivity index (χ0v) is 13.6. The monoisotopic (exact) mass is 343 g/mol. The quantitative estimate of drug-likeness (QED) is 0.583. The molecular formula is C18H17NO6. The minimum atomic E-state index is -0.677. The fourth-order valence-corrected chi connectivity index (χ4v) is 1.84. The Morgan fingerprint density at radius 1 is 0.960 bits per heavy atom. The maximum atomic E-state index is 11.7. The molecule has 0 aliphatic rings. The summed E-state index contributed by atoms with van der Waals surface area (Å²) in [5, 5.41) is 2.59. The lowest BCUT2D eigenvalue weighted by molar-refractivity contribution is -0.149. The van der Waals surface area contributed by atoms with Gasteiger partial charge in [-0.2, -0.15) is 0 Å². The fourth-order valence-electron chi connectivity index (χ4n) is 1.84. The maximum Gasteiger partial charge on any atom is 0.344 e. The van der Waals surface area contributed by atoms with Crippen LogP contribution in [0.1, 0.15) is 10.4 Å². The van der Waals surface area contributed by atoms with E-state index in [0.29, 0.717) is 29.0 Å². The molecule has 25 heavy (non-hydrogen) atoms. The summed E-state index contributed by atoms with van der Waals surface area (Å²) in [5.41, 5.74) is 1.07. The molecule has 0 aliphatic carbocycles. The average Bonchev–Trinajstić information content (AvgIpc) is 2.65. The molecule has 0 aromatic heterocycles. The first-order chi connectivity index (χ1) is 12.1. The molecule has 0 spiro atoms. The maximum absolute atomic E-state index is 11.7. The molecule has 1 N–H and O–H groups in total. The highest BCUT2D eigenvalue weighted by atomic mass is 16.6. The standard InChI is InChI=1S/C18H17NO6/c1-23-15-8-4-14(5-9-15)19-17(21)11-25-18(22)12-24-16-6-2-13(10-20)3-7-16/h2-10H,11-12H2,1H3,(H,19,21). The predicted octanol–water partition coefficient (Wildman–Crippen LogP) is 2.07. The lowest BCUT2D eigenvalue weighted by Gasteiger charge is -2.08. The highest BCUT2D eigenvalue weighted by molar-refractivity contribution is 5.92. The zero-order valence-electron chi connectivity index (χ0n) is 13.6. The van der Waals surface area contributed by atoms with Crippen molar-refractivity contribution in [3.05, 3.63) is 54.1 Å². The molecule has 130 valence electrons. The van der Waals surface area contributed by atoms with Gasteiger partial charge in [-0.05, 0) is 48.5 Å². The number of anilines is 1. The van der Waals surface area contributed by atoms with Crippen molar-refractivity contribution in [3.8, 4) is 11.5 Å². The van der Waals surface area contributed by atoms with Gasteiger partial charge in [0.1, 0.15) is 17.8 Å². The van der Waals surface area contributed by atoms with Crippen molar-refractivity contribution in [1.82, 2.24) is 0 Å². The van der Waals surface area contributed by atoms with Gasteiger partial charge in [0.25, 0.3) is 5.91 Å². The Morgan fingerprint density at radius 3 is 2.20 bits per heavy atom. The number of benzene rings is 2. The summed E-state index contributed by atoms with van der Waals surface area (Å²) in [6.07, 6.45) is 0.708. The Hall–Kier alpha value is -3.35. The fraction of sp³-hybridized carbons (Fsp3) is 0.167. The van der Waals surface area contributed by atoms with Crippen molar-refractivity contribution in [2.45, 2.75) is 0 Å². The summed E-state index contributed by atoms with van der Waals surface area (Å²) in [5.74, 6) is -0.0498. The molecule has 7 heteroatoms. The molecule has 2 aromatic rings. The van der Waals surface area contributed by atoms with Gasteiger partial charge in [-0.25, -0.2) is 4.79 Å². The van der Waals surface area contributed by atoms with Gasteiger partial charge in [-0.3, -0.25) is 9.59 Å². The van der Waals surface area contributed by atoms with E-state index >= 15 is 0 Å². The van der Waals surface area contributed by atoms with Crippen molar-refractivity contribution in [2.24, 2.45) is 0 Å². The van der Waals surface area contributed by atoms with E-state index < -0.39 is 18.5 Å². The van der Waals surface area contributed by atoms with E-state index in [4.69, 9.17) is 14.2 Å². The van der Waals surface area contributed by atoms with Crippen molar-refractivity contribution >= 4 is 23.9 Å². The zero-order chi connectivity index (χ0) is 18.1. The first kappa shape index (κ1) is 18.0. The average molecular weight is 343 g/mol. The van der Waals surface area contributed by atoms with Crippen LogP contribution in [-0.2, 0) is 14.3 Å². The third-order valence-electron chi connectivity index (χ3n) is 3.11. The molecule has 0 heterocycles. The molecule has 1 amide bonds. The van der Waals surface area contributed by atoms with Crippen LogP contribution in [-0.4, -0.2) is 38.5 Å². The molecule has 2 rings (SSSR count). The van der Waals surface area contributed by atoms with E-state index in [9.17, 15) is 14.4 Å². The van der Waals surface area contributed by atoms with Crippen molar-refractivity contribution in [3.63, 3.8) is 0 Å². The van der Waals surface area contributed by atoms with Gasteiger partial charge in [-0.1, -0.05) is 0 Å². The number of esters is 1. The van der Waals surface area contributed by atoms with Gasteiger partial charge in [0.2, 0.25) is 0 Å². The molecule has 0 saturated carbocycles. The van der Waals surface area contributed by atoms with Crippen LogP contribution in [0.3, 0.4) is 0 Å². The van der Waals surface area contributed by atoms with Crippen LogP contribution in [0.25, 0.3) is 0 Å². The Kier molecular flexibility index (Phi) is 6.53. The SMILES string of the molecule is COc1ccc(NC(=O)COC(=O)COc2ccc(C=O)cc2)cc1. The summed E-state index contributed by atoms with van der Waals surface area (Å²) in [6, 6.07) is 13.0. The second-order valence-electron chi connectivity index (χ2n) is 4.91. The topological polar surface area (TPSA) is 90.9 Å². The van der Waals surface area contributed by atoms with Gasteiger partial charge in [0, 0.05) is 11.3 Å². The smallest absolute Gasteiger partial charge is 0.344 e. The third-order valence-corrected chi connectivity index (χ3v) is 3.11. The Balaban J connectivity index is 1.71. The van der Waals surface area contributed by atoms with Crippen LogP contribution in [0.4, 0.5) is 5.69 Å². The van der Waals surface area contributed by atoms with Crippen molar-refractivity contribution in [2.75, 3.05) is 25.6 Å². The molecule has 2 aromatic carbocycles. The molecule has 0 atom stereocenters. The predicted molar refractivity (Wildman–Crippen MR) is 89.9 cm³/mol. The largest absolute Gasteiger partial charge is 0.497 e. The van der Waals surface area contributed by atoms with E-state index in [1.165, 1.54) is 0 Å². The number of rotatable bonds is 8. The van der Waals surface area contributed by atoms with Crippen LogP contribution < -0.4 is 14.8 Å². The minimum absolute atomic E-state index is 0.337. The number of aldehydes is 1. The number of carbonyl (C=O) groups is 3. The van der Waals surface area contributed by atoms with E-state index in [0.717, 1.165) is 0 Å². The summed E-state index contributed by atoms with van der Waals surface area (Å²) in [4.78, 5) is 33.8. The third kappa shape index (κ3) is 5.98. The number of nitrogens with one attached hydrogen (secondary N) is 1. The van der Waals surface area contributed by atoms with Gasteiger partial charge >= 0.3 is 5.97 Å². The van der Waals surface area contributed by atoms with E-state index in [1.807, 2.05) is 0 Å². The summed E-state index contributed by atoms with van der Waals surface area (Å²) < 4.78 is 15.1. The molecule has 0 aliphatic heterocycles. The number of amides is 1. The molecular weight excluding hydrogens is 326 g/mol. The van der Waals surface area contributed by atoms with Crippen LogP contribution in [0.15, 0.2) is 48.5 Å². The number of hydrogen-bond donors (Lipinski definition) is 1. The first-order valence-electron chi connectivity index (χ1n) is 7.38. The van der Waals surface area contributed by atoms with E-state index in [1.54, 1.807) is 55.6 Å². The number of methoxy groups -OCH3 is 1. The lowest BCUT2D eigenvalue weighted by atomic mass is 10.2. The molecule has 0 bridgehead atoms. The molecule has 0 fully saturated rings. The second kappa shape index (κ2) is 9.07. The first-order valence-corrected chi connectivity index (χ1v) is 7.38. The Bertz CT molecular complexity index is 724. The normalized spacial score (nSPS) is 9.80. The van der Waals surface area contributed by atoms with Crippen LogP contribution in [0, 0.1) is 0 Å². The van der Waals surface area contributed by atoms with Gasteiger partial charge in [-0.15, -0.1) is 0 Å². The van der Waals surface area contributed by atoms with Crippen LogP contribution in [0.5, 0.6) is 11.5 Å². The Morgan fingerprint density at radius 2 is 1.60 bits per heavy atom. The highest BCUT2D eigenvalue weighted by Gasteiger charge is 2.09. The van der Waals surface area contributed by atoms with Crippen LogP contribution in [0.2, 0.25) is 0 Å². The second-order valence-corrected chi connectivity index (χ2v) is 4.91. The van der Waals surface area contributed by atoms with Gasteiger partial charge < -0.3 is 19.5 Å². The summed E-state index contributed by atoms with van der Waals surface area (Å²) >= 11 is 0.